The van der Waals surface area contributed by atoms with Gasteiger partial charge in [0.25, 0.3) is 5.69 Å². The number of nitro benzene ring substituents is 1. The first-order chi connectivity index (χ1) is 16.0. The zero-order chi connectivity index (χ0) is 23.4. The molecule has 33 heavy (non-hydrogen) atoms. The Balaban J connectivity index is 1.55. The molecule has 1 atom stereocenters. The molecular formula is C24H27N5O3S. The highest BCUT2D eigenvalue weighted by atomic mass is 32.2. The third-order valence-electron chi connectivity index (χ3n) is 5.80. The quantitative estimate of drug-likeness (QED) is 0.401. The maximum atomic E-state index is 12.9. The topological polar surface area (TPSA) is 91.6 Å². The van der Waals surface area contributed by atoms with Gasteiger partial charge in [-0.2, -0.15) is 0 Å². The van der Waals surface area contributed by atoms with Crippen LogP contribution in [-0.4, -0.2) is 45.2 Å². The summed E-state index contributed by atoms with van der Waals surface area (Å²) < 4.78 is 15.9. The molecule has 172 valence electrons. The zero-order valence-corrected chi connectivity index (χ0v) is 19.5. The molecule has 1 unspecified atom stereocenters. The first kappa shape index (κ1) is 22.7. The van der Waals surface area contributed by atoms with E-state index >= 15 is 0 Å². The van der Waals surface area contributed by atoms with Crippen LogP contribution in [0.25, 0.3) is 10.9 Å². The highest BCUT2D eigenvalue weighted by molar-refractivity contribution is 7.86. The molecular weight excluding hydrogens is 438 g/mol. The second kappa shape index (κ2) is 9.99. The van der Waals surface area contributed by atoms with Gasteiger partial charge in [0.15, 0.2) is 11.0 Å². The number of allylic oxidation sites excluding steroid dienone is 2. The first-order valence-electron chi connectivity index (χ1n) is 10.9. The SMILES string of the molecule is CC/C=C(/C)N1CCN(c2cnc3cccc(NS(=O)c4cccc([N+](=O)[O-])c4)c3c2)CC1. The number of benzene rings is 2. The van der Waals surface area contributed by atoms with E-state index in [9.17, 15) is 14.3 Å². The van der Waals surface area contributed by atoms with Gasteiger partial charge in [0.1, 0.15) is 0 Å². The largest absolute Gasteiger partial charge is 0.372 e. The van der Waals surface area contributed by atoms with Crippen molar-refractivity contribution < 1.29 is 9.13 Å². The van der Waals surface area contributed by atoms with E-state index in [1.165, 1.54) is 23.9 Å². The van der Waals surface area contributed by atoms with Crippen LogP contribution in [0.4, 0.5) is 17.1 Å². The van der Waals surface area contributed by atoms with E-state index in [4.69, 9.17) is 0 Å². The van der Waals surface area contributed by atoms with Crippen molar-refractivity contribution in [2.45, 2.75) is 25.2 Å². The number of nitrogens with zero attached hydrogens (tertiary/aromatic N) is 4. The average Bonchev–Trinajstić information content (AvgIpc) is 2.84. The van der Waals surface area contributed by atoms with Gasteiger partial charge >= 0.3 is 0 Å². The molecule has 0 spiro atoms. The molecule has 2 aromatic carbocycles. The van der Waals surface area contributed by atoms with Crippen LogP contribution in [0.2, 0.25) is 0 Å². The van der Waals surface area contributed by atoms with Gasteiger partial charge < -0.3 is 14.5 Å². The van der Waals surface area contributed by atoms with Crippen molar-refractivity contribution in [3.8, 4) is 0 Å². The molecule has 1 fully saturated rings. The fourth-order valence-corrected chi connectivity index (χ4v) is 4.94. The second-order valence-corrected chi connectivity index (χ2v) is 9.13. The van der Waals surface area contributed by atoms with Crippen molar-refractivity contribution in [2.75, 3.05) is 35.8 Å². The molecule has 0 saturated carbocycles. The van der Waals surface area contributed by atoms with Crippen molar-refractivity contribution in [1.82, 2.24) is 9.88 Å². The molecule has 4 rings (SSSR count). The smallest absolute Gasteiger partial charge is 0.270 e. The van der Waals surface area contributed by atoms with E-state index in [1.807, 2.05) is 24.4 Å². The Bertz CT molecular complexity index is 1220. The number of nitro groups is 1. The minimum atomic E-state index is -1.65. The fraction of sp³-hybridized carbons (Fsp3) is 0.292. The molecule has 0 aliphatic carbocycles. The number of hydrogen-bond donors (Lipinski definition) is 1. The normalized spacial score (nSPS) is 15.5. The molecule has 3 aromatic rings. The van der Waals surface area contributed by atoms with Crippen molar-refractivity contribution in [3.05, 3.63) is 76.6 Å². The van der Waals surface area contributed by atoms with Crippen LogP contribution >= 0.6 is 0 Å². The third kappa shape index (κ3) is 5.14. The minimum Gasteiger partial charge on any atom is -0.372 e. The highest BCUT2D eigenvalue weighted by Crippen LogP contribution is 2.28. The van der Waals surface area contributed by atoms with E-state index in [1.54, 1.807) is 6.07 Å². The van der Waals surface area contributed by atoms with Crippen LogP contribution in [0, 0.1) is 10.1 Å². The summed E-state index contributed by atoms with van der Waals surface area (Å²) in [5.74, 6) is 0. The van der Waals surface area contributed by atoms with Crippen molar-refractivity contribution in [2.24, 2.45) is 0 Å². The number of aromatic nitrogens is 1. The Kier molecular flexibility index (Phi) is 6.88. The van der Waals surface area contributed by atoms with Crippen LogP contribution in [0.5, 0.6) is 0 Å². The average molecular weight is 466 g/mol. The van der Waals surface area contributed by atoms with E-state index in [-0.39, 0.29) is 5.69 Å². The Morgan fingerprint density at radius 1 is 1.18 bits per heavy atom. The molecule has 1 aliphatic heterocycles. The number of piperazine rings is 1. The number of pyridine rings is 1. The van der Waals surface area contributed by atoms with E-state index in [0.29, 0.717) is 10.6 Å². The molecule has 9 heteroatoms. The Morgan fingerprint density at radius 2 is 1.94 bits per heavy atom. The molecule has 1 aliphatic rings. The van der Waals surface area contributed by atoms with Crippen LogP contribution < -0.4 is 9.62 Å². The highest BCUT2D eigenvalue weighted by Gasteiger charge is 2.18. The maximum Gasteiger partial charge on any atom is 0.270 e. The van der Waals surface area contributed by atoms with Crippen molar-refractivity contribution in [3.63, 3.8) is 0 Å². The molecule has 1 saturated heterocycles. The number of nitrogens with one attached hydrogen (secondary N) is 1. The first-order valence-corrected chi connectivity index (χ1v) is 12.1. The number of hydrogen-bond acceptors (Lipinski definition) is 6. The lowest BCUT2D eigenvalue weighted by Crippen LogP contribution is -2.45. The molecule has 1 aromatic heterocycles. The Morgan fingerprint density at radius 3 is 2.67 bits per heavy atom. The monoisotopic (exact) mass is 465 g/mol. The molecule has 1 N–H and O–H groups in total. The van der Waals surface area contributed by atoms with Gasteiger partial charge in [-0.15, -0.1) is 0 Å². The molecule has 2 heterocycles. The summed E-state index contributed by atoms with van der Waals surface area (Å²) >= 11 is 0. The summed E-state index contributed by atoms with van der Waals surface area (Å²) in [7, 11) is -1.65. The van der Waals surface area contributed by atoms with Crippen LogP contribution in [-0.2, 0) is 11.0 Å². The second-order valence-electron chi connectivity index (χ2n) is 7.92. The van der Waals surface area contributed by atoms with Gasteiger partial charge in [-0.05, 0) is 37.6 Å². The van der Waals surface area contributed by atoms with Gasteiger partial charge in [0.05, 0.1) is 32.9 Å². The van der Waals surface area contributed by atoms with Gasteiger partial charge in [-0.3, -0.25) is 15.1 Å². The number of rotatable bonds is 7. The fourth-order valence-electron chi connectivity index (χ4n) is 4.01. The summed E-state index contributed by atoms with van der Waals surface area (Å²) in [6.07, 6.45) is 5.18. The van der Waals surface area contributed by atoms with E-state index in [2.05, 4.69) is 45.5 Å². The van der Waals surface area contributed by atoms with E-state index < -0.39 is 15.9 Å². The standard InChI is InChI=1S/C24H27N5O3S/c1-3-6-18(2)27-11-13-28(14-12-27)20-16-22-23(25-17-20)9-5-10-24(22)26-33(32)21-8-4-7-19(15-21)29(30)31/h4-10,15-17,26H,3,11-14H2,1-2H3/b18-6-. The summed E-state index contributed by atoms with van der Waals surface area (Å²) in [5, 5.41) is 11.9. The zero-order valence-electron chi connectivity index (χ0n) is 18.7. The molecule has 0 amide bonds. The van der Waals surface area contributed by atoms with Crippen molar-refractivity contribution >= 4 is 39.0 Å². The maximum absolute atomic E-state index is 12.9. The lowest BCUT2D eigenvalue weighted by atomic mass is 10.1. The number of fused-ring (bicyclic) bond motifs is 1. The van der Waals surface area contributed by atoms with Crippen LogP contribution in [0.15, 0.2) is 71.4 Å². The lowest BCUT2D eigenvalue weighted by molar-refractivity contribution is -0.385. The number of anilines is 2. The van der Waals surface area contributed by atoms with Gasteiger partial charge in [0, 0.05) is 49.4 Å². The van der Waals surface area contributed by atoms with Gasteiger partial charge in [-0.25, -0.2) is 4.21 Å². The van der Waals surface area contributed by atoms with Crippen LogP contribution in [0.1, 0.15) is 20.3 Å². The molecule has 8 nitrogen and oxygen atoms in total. The summed E-state index contributed by atoms with van der Waals surface area (Å²) in [6, 6.07) is 13.5. The van der Waals surface area contributed by atoms with Gasteiger partial charge in [-0.1, -0.05) is 25.1 Å². The minimum absolute atomic E-state index is 0.0901. The Hall–Kier alpha value is -3.46. The van der Waals surface area contributed by atoms with E-state index in [0.717, 1.165) is 49.2 Å². The van der Waals surface area contributed by atoms with Gasteiger partial charge in [0.2, 0.25) is 0 Å². The summed E-state index contributed by atoms with van der Waals surface area (Å²) in [4.78, 5) is 20.3. The van der Waals surface area contributed by atoms with Crippen molar-refractivity contribution in [1.29, 1.82) is 0 Å². The third-order valence-corrected chi connectivity index (χ3v) is 6.89. The predicted molar refractivity (Wildman–Crippen MR) is 133 cm³/mol. The van der Waals surface area contributed by atoms with Crippen LogP contribution in [0.3, 0.4) is 0 Å². The molecule has 0 bridgehead atoms. The number of non-ortho nitro benzene ring substituents is 1. The molecule has 0 radical (unpaired) electrons. The Labute approximate surface area is 195 Å². The predicted octanol–water partition coefficient (Wildman–Crippen LogP) is 4.71. The lowest BCUT2D eigenvalue weighted by Gasteiger charge is -2.37. The summed E-state index contributed by atoms with van der Waals surface area (Å²) in [6.45, 7) is 8.02. The summed E-state index contributed by atoms with van der Waals surface area (Å²) in [5.41, 5.74) is 3.72.